The molecule has 2 aliphatic carbocycles. The fourth-order valence-electron chi connectivity index (χ4n) is 6.85. The maximum atomic E-state index is 2.41. The molecule has 3 atom stereocenters. The molecule has 0 bridgehead atoms. The Morgan fingerprint density at radius 1 is 0.524 bits per heavy atom. The van der Waals surface area contributed by atoms with Crippen LogP contribution in [-0.2, 0) is 17.1 Å². The van der Waals surface area contributed by atoms with Crippen molar-refractivity contribution in [3.8, 4) is 0 Å². The van der Waals surface area contributed by atoms with Crippen LogP contribution in [0.25, 0.3) is 0 Å². The van der Waals surface area contributed by atoms with E-state index in [9.17, 15) is 0 Å². The van der Waals surface area contributed by atoms with Gasteiger partial charge in [-0.1, -0.05) is 141 Å². The topological polar surface area (TPSA) is 3.24 Å². The van der Waals surface area contributed by atoms with Crippen LogP contribution in [0.3, 0.4) is 0 Å². The molecule has 4 heteroatoms. The summed E-state index contributed by atoms with van der Waals surface area (Å²) in [7, 11) is 4.03. The molecule has 0 radical (unpaired) electrons. The predicted molar refractivity (Wildman–Crippen MR) is 185 cm³/mol. The third-order valence-electron chi connectivity index (χ3n) is 9.12. The minimum absolute atomic E-state index is 0. The van der Waals surface area contributed by atoms with Gasteiger partial charge >= 0.3 is 0 Å². The van der Waals surface area contributed by atoms with E-state index in [0.717, 1.165) is 17.2 Å². The maximum Gasteiger partial charge on any atom is 0.00953 e. The van der Waals surface area contributed by atoms with Crippen LogP contribution in [0.2, 0.25) is 0 Å². The number of rotatable bonds is 8. The standard InChI is InChI=1S/C21H28NP.C17H19P.Fe/c1-17(22(2)3)20-15-10-16-21(20)23(18-11-6-4-7-12-18)19-13-8-5-9-14-19;1-3-9-15(10-4-1)18(17-13-7-8-14-17)16-11-5-2-6-12-16;/h4-9,11-14,17,20-21H,10,15-16H2,1-3H3;1-6,9-12,17H,7-8,13-14H2;/t17-,20?,21?;;/m0../s1. The van der Waals surface area contributed by atoms with Gasteiger partial charge in [-0.3, -0.25) is 0 Å². The zero-order valence-electron chi connectivity index (χ0n) is 25.5. The number of nitrogens with zero attached hydrogens (tertiary/aromatic N) is 1. The van der Waals surface area contributed by atoms with E-state index >= 15 is 0 Å². The van der Waals surface area contributed by atoms with E-state index in [-0.39, 0.29) is 32.9 Å². The smallest absolute Gasteiger partial charge is 0.00953 e. The Morgan fingerprint density at radius 2 is 0.905 bits per heavy atom. The Hall–Kier alpha value is -1.78. The molecule has 0 aromatic heterocycles. The van der Waals surface area contributed by atoms with Crippen molar-refractivity contribution in [1.29, 1.82) is 0 Å². The van der Waals surface area contributed by atoms with Crippen molar-refractivity contribution in [2.75, 3.05) is 14.1 Å². The van der Waals surface area contributed by atoms with Crippen LogP contribution in [0.1, 0.15) is 51.9 Å². The van der Waals surface area contributed by atoms with Crippen LogP contribution < -0.4 is 21.2 Å². The second-order valence-corrected chi connectivity index (χ2v) is 16.8. The van der Waals surface area contributed by atoms with Gasteiger partial charge in [0.1, 0.15) is 0 Å². The molecule has 42 heavy (non-hydrogen) atoms. The summed E-state index contributed by atoms with van der Waals surface area (Å²) in [6.45, 7) is 2.41. The molecule has 2 aliphatic rings. The SMILES string of the molecule is C[C@@H](C1CCCC1P(c1ccccc1)c1ccccc1)N(C)C.[Fe].c1ccc(P(c2ccccc2)C2CCCC2)cc1. The van der Waals surface area contributed by atoms with E-state index < -0.39 is 0 Å². The van der Waals surface area contributed by atoms with Crippen LogP contribution in [0.5, 0.6) is 0 Å². The van der Waals surface area contributed by atoms with Gasteiger partial charge in [0.05, 0.1) is 0 Å². The van der Waals surface area contributed by atoms with Gasteiger partial charge in [0.15, 0.2) is 0 Å². The minimum atomic E-state index is -0.275. The molecule has 0 amide bonds. The van der Waals surface area contributed by atoms with Crippen molar-refractivity contribution >= 4 is 37.1 Å². The summed E-state index contributed by atoms with van der Waals surface area (Å²) in [5.41, 5.74) is 1.69. The molecule has 1 nitrogen and oxygen atoms in total. The van der Waals surface area contributed by atoms with Crippen LogP contribution in [0.4, 0.5) is 0 Å². The number of hydrogen-bond donors (Lipinski definition) is 0. The fraction of sp³-hybridized carbons (Fsp3) is 0.368. The average Bonchev–Trinajstić information content (AvgIpc) is 3.73. The molecule has 2 saturated carbocycles. The van der Waals surface area contributed by atoms with Gasteiger partial charge in [-0.05, 0) is 101 Å². The first-order valence-corrected chi connectivity index (χ1v) is 18.4. The van der Waals surface area contributed by atoms with E-state index in [0.29, 0.717) is 6.04 Å². The first-order valence-electron chi connectivity index (χ1n) is 15.6. The number of benzene rings is 4. The largest absolute Gasteiger partial charge is 0.306 e. The molecule has 0 spiro atoms. The second kappa shape index (κ2) is 16.9. The predicted octanol–water partition coefficient (Wildman–Crippen LogP) is 8.30. The molecule has 0 saturated heterocycles. The minimum Gasteiger partial charge on any atom is -0.306 e. The van der Waals surface area contributed by atoms with Crippen LogP contribution >= 0.6 is 15.8 Å². The molecule has 2 unspecified atom stereocenters. The summed E-state index contributed by atoms with van der Waals surface area (Å²) in [6.07, 6.45) is 9.80. The van der Waals surface area contributed by atoms with Crippen molar-refractivity contribution < 1.29 is 17.1 Å². The Balaban J connectivity index is 0.000000193. The van der Waals surface area contributed by atoms with Gasteiger partial charge in [0.25, 0.3) is 0 Å². The molecular weight excluding hydrogens is 588 g/mol. The Labute approximate surface area is 268 Å². The molecule has 4 aromatic rings. The van der Waals surface area contributed by atoms with Gasteiger partial charge in [-0.25, -0.2) is 0 Å². The third-order valence-corrected chi connectivity index (χ3v) is 15.1. The van der Waals surface area contributed by atoms with Crippen molar-refractivity contribution in [1.82, 2.24) is 4.90 Å². The normalized spacial score (nSPS) is 19.4. The van der Waals surface area contributed by atoms with E-state index in [1.54, 1.807) is 10.6 Å². The molecule has 0 N–H and O–H groups in total. The molecule has 222 valence electrons. The van der Waals surface area contributed by atoms with E-state index in [1.807, 2.05) is 0 Å². The maximum absolute atomic E-state index is 2.41. The van der Waals surface area contributed by atoms with Crippen molar-refractivity contribution in [3.63, 3.8) is 0 Å². The van der Waals surface area contributed by atoms with E-state index in [4.69, 9.17) is 0 Å². The summed E-state index contributed by atoms with van der Waals surface area (Å²) in [6, 6.07) is 45.3. The van der Waals surface area contributed by atoms with Gasteiger partial charge in [-0.2, -0.15) is 0 Å². The number of hydrogen-bond acceptors (Lipinski definition) is 1. The zero-order valence-corrected chi connectivity index (χ0v) is 28.4. The zero-order chi connectivity index (χ0) is 28.4. The summed E-state index contributed by atoms with van der Waals surface area (Å²) in [5, 5.41) is 6.17. The second-order valence-electron chi connectivity index (χ2n) is 11.9. The first kappa shape index (κ1) is 33.1. The quantitative estimate of drug-likeness (QED) is 0.139. The van der Waals surface area contributed by atoms with Crippen LogP contribution in [-0.4, -0.2) is 36.4 Å². The van der Waals surface area contributed by atoms with E-state index in [2.05, 4.69) is 147 Å². The van der Waals surface area contributed by atoms with Crippen molar-refractivity contribution in [2.45, 2.75) is 69.2 Å². The fourth-order valence-corrected chi connectivity index (χ4v) is 13.1. The third kappa shape index (κ3) is 8.44. The molecule has 4 aromatic carbocycles. The first-order chi connectivity index (χ1) is 20.1. The summed E-state index contributed by atoms with van der Waals surface area (Å²) >= 11 is 0. The van der Waals surface area contributed by atoms with Gasteiger partial charge in [0, 0.05) is 23.1 Å². The van der Waals surface area contributed by atoms with Gasteiger partial charge in [-0.15, -0.1) is 0 Å². The Kier molecular flexibility index (Phi) is 13.3. The summed E-state index contributed by atoms with van der Waals surface area (Å²) in [5.74, 6) is 0.802. The van der Waals surface area contributed by atoms with Crippen LogP contribution in [0, 0.1) is 5.92 Å². The molecule has 2 fully saturated rings. The molecule has 0 heterocycles. The van der Waals surface area contributed by atoms with Gasteiger partial charge in [0.2, 0.25) is 0 Å². The Bertz CT molecular complexity index is 1200. The van der Waals surface area contributed by atoms with Crippen molar-refractivity contribution in [3.05, 3.63) is 121 Å². The van der Waals surface area contributed by atoms with Crippen LogP contribution in [0.15, 0.2) is 121 Å². The molecular formula is C38H47FeNP2. The summed E-state index contributed by atoms with van der Waals surface area (Å²) < 4.78 is 0. The molecule has 0 aliphatic heterocycles. The monoisotopic (exact) mass is 635 g/mol. The van der Waals surface area contributed by atoms with E-state index in [1.165, 1.54) is 55.6 Å². The Morgan fingerprint density at radius 3 is 1.29 bits per heavy atom. The van der Waals surface area contributed by atoms with Crippen molar-refractivity contribution in [2.24, 2.45) is 5.92 Å². The summed E-state index contributed by atoms with van der Waals surface area (Å²) in [4.78, 5) is 2.41. The van der Waals surface area contributed by atoms with Gasteiger partial charge < -0.3 is 4.90 Å². The molecule has 6 rings (SSSR count). The average molecular weight is 636 g/mol.